The van der Waals surface area contributed by atoms with E-state index in [1.54, 1.807) is 24.9 Å². The standard InChI is InChI=1S/C26H35N5O3/c1-26(2,3)31-24(27-25(32)23-14-20(17-33-5)28-30(23)4)15-22(29-31)19-11-12-21(13-19)34-16-18-9-7-6-8-10-18/h6-10,14-15,19,21H,11-13,16-17H2,1-5H3,(H,27,32). The van der Waals surface area contributed by atoms with E-state index < -0.39 is 0 Å². The van der Waals surface area contributed by atoms with Crippen LogP contribution in [0.1, 0.15) is 73.4 Å². The average Bonchev–Trinajstić information content (AvgIpc) is 3.51. The summed E-state index contributed by atoms with van der Waals surface area (Å²) < 4.78 is 14.8. The Bertz CT molecular complexity index is 1110. The molecule has 0 saturated heterocycles. The van der Waals surface area contributed by atoms with Crippen molar-refractivity contribution in [2.24, 2.45) is 7.05 Å². The monoisotopic (exact) mass is 465 g/mol. The van der Waals surface area contributed by atoms with Crippen molar-refractivity contribution in [3.63, 3.8) is 0 Å². The summed E-state index contributed by atoms with van der Waals surface area (Å²) in [7, 11) is 3.37. The molecule has 1 saturated carbocycles. The smallest absolute Gasteiger partial charge is 0.275 e. The summed E-state index contributed by atoms with van der Waals surface area (Å²) in [6.07, 6.45) is 3.19. The van der Waals surface area contributed by atoms with Gasteiger partial charge in [-0.15, -0.1) is 0 Å². The van der Waals surface area contributed by atoms with E-state index in [1.807, 2.05) is 28.9 Å². The second-order valence-electron chi connectivity index (χ2n) is 10.00. The maximum Gasteiger partial charge on any atom is 0.275 e. The zero-order valence-electron chi connectivity index (χ0n) is 20.7. The highest BCUT2D eigenvalue weighted by molar-refractivity contribution is 6.02. The highest BCUT2D eigenvalue weighted by Gasteiger charge is 2.31. The molecule has 2 unspecified atom stereocenters. The summed E-state index contributed by atoms with van der Waals surface area (Å²) in [4.78, 5) is 13.1. The minimum absolute atomic E-state index is 0.218. The molecule has 1 amide bonds. The largest absolute Gasteiger partial charge is 0.378 e. The first-order chi connectivity index (χ1) is 16.2. The van der Waals surface area contributed by atoms with Crippen LogP contribution in [0.2, 0.25) is 0 Å². The molecule has 182 valence electrons. The Labute approximate surface area is 201 Å². The van der Waals surface area contributed by atoms with E-state index in [2.05, 4.69) is 43.3 Å². The number of ether oxygens (including phenoxy) is 2. The van der Waals surface area contributed by atoms with Gasteiger partial charge >= 0.3 is 0 Å². The lowest BCUT2D eigenvalue weighted by molar-refractivity contribution is 0.0446. The Morgan fingerprint density at radius 1 is 1.12 bits per heavy atom. The van der Waals surface area contributed by atoms with Crippen molar-refractivity contribution in [3.05, 3.63) is 65.1 Å². The number of carbonyl (C=O) groups is 1. The van der Waals surface area contributed by atoms with E-state index in [0.717, 1.165) is 25.0 Å². The normalized spacial score (nSPS) is 18.4. The molecule has 0 spiro atoms. The lowest BCUT2D eigenvalue weighted by atomic mass is 10.0. The van der Waals surface area contributed by atoms with Crippen molar-refractivity contribution in [3.8, 4) is 0 Å². The molecule has 0 aliphatic heterocycles. The molecule has 2 aromatic heterocycles. The molecule has 2 atom stereocenters. The number of benzene rings is 1. The van der Waals surface area contributed by atoms with E-state index >= 15 is 0 Å². The van der Waals surface area contributed by atoms with E-state index in [-0.39, 0.29) is 17.6 Å². The molecule has 1 aromatic carbocycles. The molecule has 3 aromatic rings. The second-order valence-corrected chi connectivity index (χ2v) is 10.00. The van der Waals surface area contributed by atoms with Crippen molar-refractivity contribution in [2.75, 3.05) is 12.4 Å². The number of amides is 1. The van der Waals surface area contributed by atoms with Crippen molar-refractivity contribution in [2.45, 2.75) is 70.8 Å². The fraction of sp³-hybridized carbons (Fsp3) is 0.500. The van der Waals surface area contributed by atoms with Crippen molar-refractivity contribution in [1.82, 2.24) is 19.6 Å². The Kier molecular flexibility index (Phi) is 7.19. The number of hydrogen-bond acceptors (Lipinski definition) is 5. The van der Waals surface area contributed by atoms with Gasteiger partial charge in [-0.3, -0.25) is 9.48 Å². The van der Waals surface area contributed by atoms with Gasteiger partial charge in [-0.25, -0.2) is 4.68 Å². The summed E-state index contributed by atoms with van der Waals surface area (Å²) >= 11 is 0. The van der Waals surface area contributed by atoms with Gasteiger partial charge in [0.05, 0.1) is 36.2 Å². The van der Waals surface area contributed by atoms with Crippen molar-refractivity contribution in [1.29, 1.82) is 0 Å². The molecular weight excluding hydrogens is 430 g/mol. The van der Waals surface area contributed by atoms with Crippen LogP contribution in [0.15, 0.2) is 42.5 Å². The first kappa shape index (κ1) is 24.2. The zero-order valence-corrected chi connectivity index (χ0v) is 20.7. The first-order valence-corrected chi connectivity index (χ1v) is 11.8. The van der Waals surface area contributed by atoms with Crippen molar-refractivity contribution >= 4 is 11.7 Å². The Morgan fingerprint density at radius 3 is 2.59 bits per heavy atom. The van der Waals surface area contributed by atoms with Gasteiger partial charge < -0.3 is 14.8 Å². The fourth-order valence-corrected chi connectivity index (χ4v) is 4.49. The van der Waals surface area contributed by atoms with Crippen LogP contribution in [0.25, 0.3) is 0 Å². The van der Waals surface area contributed by atoms with Gasteiger partial charge in [0.15, 0.2) is 0 Å². The Morgan fingerprint density at radius 2 is 1.88 bits per heavy atom. The molecule has 4 rings (SSSR count). The summed E-state index contributed by atoms with van der Waals surface area (Å²) in [5.74, 6) is 0.783. The topological polar surface area (TPSA) is 83.2 Å². The predicted molar refractivity (Wildman–Crippen MR) is 131 cm³/mol. The second kappa shape index (κ2) is 10.1. The molecule has 1 N–H and O–H groups in total. The summed E-state index contributed by atoms with van der Waals surface area (Å²) in [5.41, 5.74) is 3.10. The van der Waals surface area contributed by atoms with Crippen LogP contribution in [-0.2, 0) is 35.3 Å². The highest BCUT2D eigenvalue weighted by Crippen LogP contribution is 2.37. The molecule has 2 heterocycles. The SMILES string of the molecule is COCc1cc(C(=O)Nc2cc(C3CCC(OCc4ccccc4)C3)nn2C(C)(C)C)n(C)n1. The molecule has 0 radical (unpaired) electrons. The minimum Gasteiger partial charge on any atom is -0.378 e. The fourth-order valence-electron chi connectivity index (χ4n) is 4.49. The third-order valence-corrected chi connectivity index (χ3v) is 6.19. The maximum absolute atomic E-state index is 13.1. The van der Waals surface area contributed by atoms with Crippen LogP contribution in [0.3, 0.4) is 0 Å². The van der Waals surface area contributed by atoms with Crippen molar-refractivity contribution < 1.29 is 14.3 Å². The number of anilines is 1. The number of aryl methyl sites for hydroxylation is 1. The van der Waals surface area contributed by atoms with Crippen LogP contribution in [0.4, 0.5) is 5.82 Å². The molecule has 1 aliphatic rings. The van der Waals surface area contributed by atoms with Crippen LogP contribution in [0, 0.1) is 0 Å². The summed E-state index contributed by atoms with van der Waals surface area (Å²) in [6, 6.07) is 14.0. The molecule has 8 nitrogen and oxygen atoms in total. The number of methoxy groups -OCH3 is 1. The number of carbonyl (C=O) groups excluding carboxylic acids is 1. The molecule has 0 bridgehead atoms. The Balaban J connectivity index is 1.46. The van der Waals surface area contributed by atoms with Gasteiger partial charge in [0, 0.05) is 26.1 Å². The number of nitrogens with zero attached hydrogens (tertiary/aromatic N) is 4. The van der Waals surface area contributed by atoms with E-state index in [0.29, 0.717) is 36.3 Å². The Hall–Kier alpha value is -2.97. The molecule has 8 heteroatoms. The number of nitrogens with one attached hydrogen (secondary N) is 1. The molecule has 34 heavy (non-hydrogen) atoms. The summed E-state index contributed by atoms with van der Waals surface area (Å²) in [5, 5.41) is 12.3. The maximum atomic E-state index is 13.1. The van der Waals surface area contributed by atoms with E-state index in [1.165, 1.54) is 5.56 Å². The quantitative estimate of drug-likeness (QED) is 0.525. The summed E-state index contributed by atoms with van der Waals surface area (Å²) in [6.45, 7) is 7.24. The van der Waals surface area contributed by atoms with E-state index in [4.69, 9.17) is 14.6 Å². The minimum atomic E-state index is -0.281. The van der Waals surface area contributed by atoms with Gasteiger partial charge in [0.25, 0.3) is 5.91 Å². The van der Waals surface area contributed by atoms with Crippen LogP contribution in [-0.4, -0.2) is 38.7 Å². The van der Waals surface area contributed by atoms with Gasteiger partial charge in [-0.05, 0) is 51.7 Å². The predicted octanol–water partition coefficient (Wildman–Crippen LogP) is 4.62. The van der Waals surface area contributed by atoms with Gasteiger partial charge in [-0.1, -0.05) is 30.3 Å². The van der Waals surface area contributed by atoms with Gasteiger partial charge in [0.1, 0.15) is 11.5 Å². The highest BCUT2D eigenvalue weighted by atomic mass is 16.5. The number of hydrogen-bond donors (Lipinski definition) is 1. The molecule has 1 aliphatic carbocycles. The van der Waals surface area contributed by atoms with Crippen LogP contribution >= 0.6 is 0 Å². The number of aromatic nitrogens is 4. The third kappa shape index (κ3) is 5.56. The molecule has 1 fully saturated rings. The first-order valence-electron chi connectivity index (χ1n) is 11.8. The lowest BCUT2D eigenvalue weighted by Crippen LogP contribution is -2.27. The number of rotatable bonds is 8. The van der Waals surface area contributed by atoms with Crippen LogP contribution < -0.4 is 5.32 Å². The van der Waals surface area contributed by atoms with Gasteiger partial charge in [0.2, 0.25) is 0 Å². The van der Waals surface area contributed by atoms with E-state index in [9.17, 15) is 4.79 Å². The molecular formula is C26H35N5O3. The van der Waals surface area contributed by atoms with Gasteiger partial charge in [-0.2, -0.15) is 10.2 Å². The third-order valence-electron chi connectivity index (χ3n) is 6.19. The average molecular weight is 466 g/mol. The van der Waals surface area contributed by atoms with Crippen LogP contribution in [0.5, 0.6) is 0 Å². The zero-order chi connectivity index (χ0) is 24.3. The lowest BCUT2D eigenvalue weighted by Gasteiger charge is -2.22.